The van der Waals surface area contributed by atoms with Gasteiger partial charge in [0, 0.05) is 18.7 Å². The molecule has 0 aliphatic carbocycles. The van der Waals surface area contributed by atoms with Crippen molar-refractivity contribution in [3.05, 3.63) is 53.6 Å². The summed E-state index contributed by atoms with van der Waals surface area (Å²) in [5, 5.41) is 0. The summed E-state index contributed by atoms with van der Waals surface area (Å²) in [6.07, 6.45) is 29.7. The third-order valence-electron chi connectivity index (χ3n) is 7.41. The van der Waals surface area contributed by atoms with E-state index in [0.717, 1.165) is 19.3 Å². The first-order chi connectivity index (χ1) is 17.2. The fourth-order valence-electron chi connectivity index (χ4n) is 5.19. The Morgan fingerprint density at radius 1 is 0.600 bits per heavy atom. The van der Waals surface area contributed by atoms with Gasteiger partial charge in [-0.15, -0.1) is 0 Å². The summed E-state index contributed by atoms with van der Waals surface area (Å²) in [6.45, 7) is 6.87. The molecule has 0 saturated heterocycles. The molecule has 0 aliphatic rings. The second-order valence-electron chi connectivity index (χ2n) is 11.0. The summed E-state index contributed by atoms with van der Waals surface area (Å²) in [7, 11) is 0. The highest BCUT2D eigenvalue weighted by Gasteiger charge is 2.10. The Morgan fingerprint density at radius 3 is 1.63 bits per heavy atom. The van der Waals surface area contributed by atoms with E-state index in [1.807, 2.05) is 0 Å². The second-order valence-corrected chi connectivity index (χ2v) is 11.0. The number of aryl methyl sites for hydroxylation is 3. The van der Waals surface area contributed by atoms with Crippen LogP contribution in [0.4, 0.5) is 0 Å². The van der Waals surface area contributed by atoms with Crippen molar-refractivity contribution in [3.63, 3.8) is 0 Å². The van der Waals surface area contributed by atoms with Crippen molar-refractivity contribution >= 4 is 0 Å². The molecule has 0 N–H and O–H groups in total. The maximum atomic E-state index is 5.03. The molecule has 0 amide bonds. The van der Waals surface area contributed by atoms with Crippen LogP contribution in [-0.2, 0) is 19.3 Å². The van der Waals surface area contributed by atoms with Crippen LogP contribution < -0.4 is 0 Å². The maximum Gasteiger partial charge on any atom is 0.109 e. The Hall–Kier alpha value is -1.57. The zero-order valence-electron chi connectivity index (χ0n) is 23.6. The third kappa shape index (κ3) is 13.9. The first kappa shape index (κ1) is 29.7. The average molecular weight is 481 g/mol. The van der Waals surface area contributed by atoms with Crippen LogP contribution in [0.25, 0.3) is 0 Å². The molecule has 1 heterocycles. The van der Waals surface area contributed by atoms with Gasteiger partial charge in [0.2, 0.25) is 0 Å². The van der Waals surface area contributed by atoms with Gasteiger partial charge in [-0.05, 0) is 45.1 Å². The lowest BCUT2D eigenvalue weighted by atomic mass is 10.0. The van der Waals surface area contributed by atoms with E-state index >= 15 is 0 Å². The average Bonchev–Trinajstić information content (AvgIpc) is 3.27. The van der Waals surface area contributed by atoms with Crippen LogP contribution in [0.5, 0.6) is 0 Å². The molecule has 0 spiro atoms. The van der Waals surface area contributed by atoms with Crippen LogP contribution in [0.3, 0.4) is 0 Å². The topological polar surface area (TPSA) is 17.8 Å². The third-order valence-corrected chi connectivity index (χ3v) is 7.41. The molecule has 0 atom stereocenters. The molecule has 0 unspecified atom stereocenters. The van der Waals surface area contributed by atoms with Crippen LogP contribution in [0, 0.1) is 0 Å². The predicted octanol–water partition coefficient (Wildman–Crippen LogP) is 10.4. The molecule has 35 heavy (non-hydrogen) atoms. The van der Waals surface area contributed by atoms with Crippen molar-refractivity contribution in [2.45, 2.75) is 155 Å². The minimum absolute atomic E-state index is 0.501. The number of benzene rings is 1. The van der Waals surface area contributed by atoms with E-state index in [9.17, 15) is 0 Å². The van der Waals surface area contributed by atoms with Crippen LogP contribution in [-0.4, -0.2) is 9.55 Å². The first-order valence-corrected chi connectivity index (χ1v) is 15.3. The first-order valence-electron chi connectivity index (χ1n) is 15.3. The fourth-order valence-corrected chi connectivity index (χ4v) is 5.19. The molecule has 198 valence electrons. The van der Waals surface area contributed by atoms with Gasteiger partial charge in [-0.25, -0.2) is 4.98 Å². The summed E-state index contributed by atoms with van der Waals surface area (Å²) in [6, 6.07) is 11.3. The van der Waals surface area contributed by atoms with E-state index in [1.54, 1.807) is 0 Å². The summed E-state index contributed by atoms with van der Waals surface area (Å²) in [5.74, 6) is 1.31. The van der Waals surface area contributed by atoms with Crippen LogP contribution in [0.1, 0.15) is 153 Å². The van der Waals surface area contributed by atoms with Crippen molar-refractivity contribution in [3.8, 4) is 0 Å². The summed E-state index contributed by atoms with van der Waals surface area (Å²) < 4.78 is 2.42. The van der Waals surface area contributed by atoms with Crippen LogP contribution in [0.15, 0.2) is 36.5 Å². The smallest absolute Gasteiger partial charge is 0.109 e. The Balaban J connectivity index is 1.48. The summed E-state index contributed by atoms with van der Waals surface area (Å²) in [4.78, 5) is 5.03. The molecule has 2 aromatic rings. The number of imidazole rings is 1. The van der Waals surface area contributed by atoms with Gasteiger partial charge in [0.1, 0.15) is 5.82 Å². The number of aromatic nitrogens is 2. The molecule has 0 saturated carbocycles. The van der Waals surface area contributed by atoms with Gasteiger partial charge in [0.05, 0.1) is 5.69 Å². The minimum atomic E-state index is 0.501. The fraction of sp³-hybridized carbons (Fsp3) is 0.727. The molecule has 1 aromatic carbocycles. The molecule has 2 heteroatoms. The van der Waals surface area contributed by atoms with E-state index < -0.39 is 0 Å². The molecule has 0 bridgehead atoms. The lowest BCUT2D eigenvalue weighted by Crippen LogP contribution is -2.05. The number of hydrogen-bond donors (Lipinski definition) is 0. The number of unbranched alkanes of at least 4 members (excludes halogenated alkanes) is 15. The predicted molar refractivity (Wildman–Crippen MR) is 154 cm³/mol. The van der Waals surface area contributed by atoms with Gasteiger partial charge in [-0.3, -0.25) is 0 Å². The Morgan fingerprint density at radius 2 is 1.11 bits per heavy atom. The van der Waals surface area contributed by atoms with Crippen molar-refractivity contribution in [1.82, 2.24) is 9.55 Å². The van der Waals surface area contributed by atoms with E-state index in [4.69, 9.17) is 4.98 Å². The molecular formula is C33H56N2. The van der Waals surface area contributed by atoms with E-state index in [2.05, 4.69) is 61.9 Å². The number of rotatable bonds is 22. The highest BCUT2D eigenvalue weighted by molar-refractivity contribution is 5.15. The summed E-state index contributed by atoms with van der Waals surface area (Å²) in [5.41, 5.74) is 2.71. The van der Waals surface area contributed by atoms with Crippen molar-refractivity contribution in [2.75, 3.05) is 0 Å². The van der Waals surface area contributed by atoms with E-state index in [-0.39, 0.29) is 0 Å². The lowest BCUT2D eigenvalue weighted by Gasteiger charge is -2.11. The zero-order valence-corrected chi connectivity index (χ0v) is 23.6. The molecule has 0 aliphatic heterocycles. The molecule has 1 aromatic heterocycles. The van der Waals surface area contributed by atoms with Gasteiger partial charge < -0.3 is 4.57 Å². The van der Waals surface area contributed by atoms with Crippen molar-refractivity contribution in [1.29, 1.82) is 0 Å². The Kier molecular flexibility index (Phi) is 16.6. The van der Waals surface area contributed by atoms with Crippen molar-refractivity contribution in [2.24, 2.45) is 0 Å². The lowest BCUT2D eigenvalue weighted by molar-refractivity contribution is 0.523. The Bertz CT molecular complexity index is 731. The molecule has 2 rings (SSSR count). The number of hydrogen-bond acceptors (Lipinski definition) is 1. The van der Waals surface area contributed by atoms with Crippen LogP contribution in [0.2, 0.25) is 0 Å². The Labute approximate surface area is 218 Å². The molecule has 0 fully saturated rings. The molecular weight excluding hydrogens is 424 g/mol. The van der Waals surface area contributed by atoms with Gasteiger partial charge in [0.15, 0.2) is 0 Å². The monoisotopic (exact) mass is 480 g/mol. The van der Waals surface area contributed by atoms with Gasteiger partial charge in [-0.1, -0.05) is 134 Å². The molecule has 0 radical (unpaired) electrons. The standard InChI is InChI=1S/C33H56N2/c1-4-5-6-7-8-9-10-11-12-13-14-15-16-17-18-22-28-33-34-32(29-35(33)30(2)3)27-23-26-31-24-20-19-21-25-31/h19-21,24-25,29-30H,4-18,22-23,26-28H2,1-3H3. The largest absolute Gasteiger partial charge is 0.332 e. The van der Waals surface area contributed by atoms with Crippen LogP contribution >= 0.6 is 0 Å². The SMILES string of the molecule is CCCCCCCCCCCCCCCCCCc1nc(CCCc2ccccc2)cn1C(C)C. The highest BCUT2D eigenvalue weighted by Crippen LogP contribution is 2.18. The normalized spacial score (nSPS) is 11.5. The van der Waals surface area contributed by atoms with Gasteiger partial charge >= 0.3 is 0 Å². The number of nitrogens with zero attached hydrogens (tertiary/aromatic N) is 2. The van der Waals surface area contributed by atoms with Gasteiger partial charge in [-0.2, -0.15) is 0 Å². The van der Waals surface area contributed by atoms with E-state index in [0.29, 0.717) is 6.04 Å². The highest BCUT2D eigenvalue weighted by atomic mass is 15.1. The maximum absolute atomic E-state index is 5.03. The van der Waals surface area contributed by atoms with Gasteiger partial charge in [0.25, 0.3) is 0 Å². The zero-order chi connectivity index (χ0) is 25.0. The molecule has 2 nitrogen and oxygen atoms in total. The summed E-state index contributed by atoms with van der Waals surface area (Å²) >= 11 is 0. The van der Waals surface area contributed by atoms with E-state index in [1.165, 1.54) is 126 Å². The quantitative estimate of drug-likeness (QED) is 0.153. The van der Waals surface area contributed by atoms with Crippen molar-refractivity contribution < 1.29 is 0 Å². The second kappa shape index (κ2) is 19.6. The minimum Gasteiger partial charge on any atom is -0.332 e.